The number of aryl methyl sites for hydroxylation is 1. The third kappa shape index (κ3) is 1.88. The van der Waals surface area contributed by atoms with Gasteiger partial charge in [0.05, 0.1) is 5.69 Å². The summed E-state index contributed by atoms with van der Waals surface area (Å²) in [4.78, 5) is 6.19. The SMILES string of the molecule is CNCc1sc(C2(c3ccccc3)CC2)nc1C. The molecular formula is C15H18N2S. The number of benzene rings is 1. The lowest BCUT2D eigenvalue weighted by molar-refractivity contribution is 0.813. The zero-order chi connectivity index (χ0) is 12.6. The van der Waals surface area contributed by atoms with Crippen LogP contribution in [0.3, 0.4) is 0 Å². The van der Waals surface area contributed by atoms with Crippen LogP contribution in [0.25, 0.3) is 0 Å². The summed E-state index contributed by atoms with van der Waals surface area (Å²) in [6.45, 7) is 3.04. The smallest absolute Gasteiger partial charge is 0.104 e. The van der Waals surface area contributed by atoms with E-state index in [1.54, 1.807) is 0 Å². The fourth-order valence-electron chi connectivity index (χ4n) is 2.47. The van der Waals surface area contributed by atoms with Crippen molar-refractivity contribution >= 4 is 11.3 Å². The third-order valence-corrected chi connectivity index (χ3v) is 5.08. The van der Waals surface area contributed by atoms with E-state index in [9.17, 15) is 0 Å². The van der Waals surface area contributed by atoms with Crippen LogP contribution in [0.2, 0.25) is 0 Å². The van der Waals surface area contributed by atoms with Crippen LogP contribution in [0.4, 0.5) is 0 Å². The second-order valence-corrected chi connectivity index (χ2v) is 6.09. The maximum absolute atomic E-state index is 4.82. The molecule has 0 saturated heterocycles. The molecule has 0 bridgehead atoms. The molecule has 2 nitrogen and oxygen atoms in total. The predicted octanol–water partition coefficient (Wildman–Crippen LogP) is 3.25. The van der Waals surface area contributed by atoms with Crippen LogP contribution in [0.15, 0.2) is 30.3 Å². The van der Waals surface area contributed by atoms with E-state index in [-0.39, 0.29) is 5.41 Å². The number of rotatable bonds is 4. The molecule has 1 heterocycles. The van der Waals surface area contributed by atoms with Gasteiger partial charge in [-0.15, -0.1) is 11.3 Å². The van der Waals surface area contributed by atoms with Gasteiger partial charge in [-0.25, -0.2) is 4.98 Å². The van der Waals surface area contributed by atoms with E-state index in [4.69, 9.17) is 4.98 Å². The molecule has 3 rings (SSSR count). The average Bonchev–Trinajstić information content (AvgIpc) is 3.13. The van der Waals surface area contributed by atoms with Gasteiger partial charge in [0.2, 0.25) is 0 Å². The van der Waals surface area contributed by atoms with Crippen LogP contribution in [0.5, 0.6) is 0 Å². The summed E-state index contributed by atoms with van der Waals surface area (Å²) >= 11 is 1.87. The fraction of sp³-hybridized carbons (Fsp3) is 0.400. The van der Waals surface area contributed by atoms with Gasteiger partial charge in [-0.3, -0.25) is 0 Å². The largest absolute Gasteiger partial charge is 0.315 e. The van der Waals surface area contributed by atoms with Crippen molar-refractivity contribution in [3.05, 3.63) is 51.5 Å². The van der Waals surface area contributed by atoms with Crippen molar-refractivity contribution in [2.45, 2.75) is 31.7 Å². The number of nitrogens with one attached hydrogen (secondary N) is 1. The molecular weight excluding hydrogens is 240 g/mol. The highest BCUT2D eigenvalue weighted by molar-refractivity contribution is 7.12. The molecule has 94 valence electrons. The van der Waals surface area contributed by atoms with Gasteiger partial charge in [0.25, 0.3) is 0 Å². The highest BCUT2D eigenvalue weighted by Crippen LogP contribution is 2.54. The molecule has 0 spiro atoms. The Morgan fingerprint density at radius 1 is 1.28 bits per heavy atom. The quantitative estimate of drug-likeness (QED) is 0.910. The minimum atomic E-state index is 0.225. The zero-order valence-corrected chi connectivity index (χ0v) is 11.7. The van der Waals surface area contributed by atoms with Gasteiger partial charge >= 0.3 is 0 Å². The Labute approximate surface area is 112 Å². The molecule has 0 atom stereocenters. The number of nitrogens with zero attached hydrogens (tertiary/aromatic N) is 1. The van der Waals surface area contributed by atoms with E-state index in [2.05, 4.69) is 42.6 Å². The monoisotopic (exact) mass is 258 g/mol. The van der Waals surface area contributed by atoms with Gasteiger partial charge in [-0.1, -0.05) is 30.3 Å². The first-order valence-corrected chi connectivity index (χ1v) is 7.25. The van der Waals surface area contributed by atoms with Gasteiger partial charge < -0.3 is 5.32 Å². The summed E-state index contributed by atoms with van der Waals surface area (Å²) in [7, 11) is 1.99. The van der Waals surface area contributed by atoms with Crippen molar-refractivity contribution in [1.29, 1.82) is 0 Å². The fourth-order valence-corrected chi connectivity index (χ4v) is 3.81. The summed E-state index contributed by atoms with van der Waals surface area (Å²) in [6, 6.07) is 10.8. The van der Waals surface area contributed by atoms with Crippen LogP contribution >= 0.6 is 11.3 Å². The van der Waals surface area contributed by atoms with Crippen molar-refractivity contribution < 1.29 is 0 Å². The Hall–Kier alpha value is -1.19. The molecule has 1 aromatic heterocycles. The van der Waals surface area contributed by atoms with E-state index in [0.717, 1.165) is 6.54 Å². The van der Waals surface area contributed by atoms with Crippen LogP contribution in [0.1, 0.15) is 34.0 Å². The first kappa shape index (κ1) is 11.9. The van der Waals surface area contributed by atoms with Gasteiger partial charge in [0.15, 0.2) is 0 Å². The van der Waals surface area contributed by atoms with Gasteiger partial charge in [0.1, 0.15) is 5.01 Å². The minimum absolute atomic E-state index is 0.225. The van der Waals surface area contributed by atoms with E-state index >= 15 is 0 Å². The van der Waals surface area contributed by atoms with Gasteiger partial charge in [-0.2, -0.15) is 0 Å². The molecule has 1 saturated carbocycles. The topological polar surface area (TPSA) is 24.9 Å². The molecule has 1 aromatic carbocycles. The summed E-state index contributed by atoms with van der Waals surface area (Å²) < 4.78 is 0. The molecule has 1 fully saturated rings. The lowest BCUT2D eigenvalue weighted by Crippen LogP contribution is -2.07. The maximum Gasteiger partial charge on any atom is 0.104 e. The Morgan fingerprint density at radius 3 is 2.61 bits per heavy atom. The molecule has 0 aliphatic heterocycles. The van der Waals surface area contributed by atoms with Crippen molar-refractivity contribution in [3.8, 4) is 0 Å². The van der Waals surface area contributed by atoms with Crippen molar-refractivity contribution in [2.75, 3.05) is 7.05 Å². The van der Waals surface area contributed by atoms with Crippen LogP contribution < -0.4 is 5.32 Å². The van der Waals surface area contributed by atoms with E-state index in [1.807, 2.05) is 18.4 Å². The first-order chi connectivity index (χ1) is 8.76. The lowest BCUT2D eigenvalue weighted by Gasteiger charge is -2.12. The maximum atomic E-state index is 4.82. The van der Waals surface area contributed by atoms with E-state index in [1.165, 1.54) is 34.0 Å². The second kappa shape index (κ2) is 4.48. The van der Waals surface area contributed by atoms with E-state index in [0.29, 0.717) is 0 Å². The Bertz CT molecular complexity index is 541. The Kier molecular flexibility index (Phi) is 2.96. The molecule has 18 heavy (non-hydrogen) atoms. The highest BCUT2D eigenvalue weighted by Gasteiger charge is 2.48. The van der Waals surface area contributed by atoms with Crippen molar-refractivity contribution in [2.24, 2.45) is 0 Å². The normalized spacial score (nSPS) is 16.8. The number of hydrogen-bond acceptors (Lipinski definition) is 3. The molecule has 2 aromatic rings. The summed E-state index contributed by atoms with van der Waals surface area (Å²) in [5.74, 6) is 0. The molecule has 1 N–H and O–H groups in total. The Morgan fingerprint density at radius 2 is 2.00 bits per heavy atom. The highest BCUT2D eigenvalue weighted by atomic mass is 32.1. The molecule has 1 aliphatic rings. The zero-order valence-electron chi connectivity index (χ0n) is 10.9. The Balaban J connectivity index is 1.98. The molecule has 0 unspecified atom stereocenters. The summed E-state index contributed by atoms with van der Waals surface area (Å²) in [6.07, 6.45) is 2.48. The summed E-state index contributed by atoms with van der Waals surface area (Å²) in [5.41, 5.74) is 2.84. The van der Waals surface area contributed by atoms with Crippen LogP contribution in [-0.4, -0.2) is 12.0 Å². The molecule has 0 radical (unpaired) electrons. The van der Waals surface area contributed by atoms with Crippen molar-refractivity contribution in [3.63, 3.8) is 0 Å². The molecule has 1 aliphatic carbocycles. The minimum Gasteiger partial charge on any atom is -0.315 e. The van der Waals surface area contributed by atoms with Crippen molar-refractivity contribution in [1.82, 2.24) is 10.3 Å². The van der Waals surface area contributed by atoms with Crippen LogP contribution in [-0.2, 0) is 12.0 Å². The number of aromatic nitrogens is 1. The molecule has 0 amide bonds. The third-order valence-electron chi connectivity index (χ3n) is 3.72. The van der Waals surface area contributed by atoms with E-state index < -0.39 is 0 Å². The lowest BCUT2D eigenvalue weighted by atomic mass is 9.97. The summed E-state index contributed by atoms with van der Waals surface area (Å²) in [5, 5.41) is 4.52. The van der Waals surface area contributed by atoms with Crippen LogP contribution in [0, 0.1) is 6.92 Å². The van der Waals surface area contributed by atoms with Gasteiger partial charge in [0, 0.05) is 16.8 Å². The first-order valence-electron chi connectivity index (χ1n) is 6.43. The van der Waals surface area contributed by atoms with Gasteiger partial charge in [-0.05, 0) is 32.4 Å². The standard InChI is InChI=1S/C15H18N2S/c1-11-13(10-16-2)18-14(17-11)15(8-9-15)12-6-4-3-5-7-12/h3-7,16H,8-10H2,1-2H3. The second-order valence-electron chi connectivity index (χ2n) is 5.01. The number of thiazole rings is 1. The average molecular weight is 258 g/mol. The number of hydrogen-bond donors (Lipinski definition) is 1. The predicted molar refractivity (Wildman–Crippen MR) is 76.1 cm³/mol. The molecule has 3 heteroatoms.